The maximum atomic E-state index is 6.22. The predicted molar refractivity (Wildman–Crippen MR) is 76.4 cm³/mol. The topological polar surface area (TPSA) is 47.7 Å². The molecule has 0 bridgehead atoms. The standard InChI is InChI=1S/C15H24N2O2/c1-18-14-6-4-13(5-7-14)15(16)3-2-8-17-9-11-19-12-10-17/h4-7,15H,2-3,8-12,16H2,1H3. The van der Waals surface area contributed by atoms with Crippen LogP contribution in [0.4, 0.5) is 0 Å². The van der Waals surface area contributed by atoms with E-state index >= 15 is 0 Å². The first-order valence-corrected chi connectivity index (χ1v) is 6.99. The Labute approximate surface area is 115 Å². The second-order valence-corrected chi connectivity index (χ2v) is 4.98. The molecule has 1 aliphatic rings. The molecule has 19 heavy (non-hydrogen) atoms. The van der Waals surface area contributed by atoms with Gasteiger partial charge in [-0.05, 0) is 37.1 Å². The normalized spacial score (nSPS) is 18.2. The summed E-state index contributed by atoms with van der Waals surface area (Å²) in [7, 11) is 1.68. The molecule has 2 rings (SSSR count). The molecule has 0 aromatic heterocycles. The number of rotatable bonds is 6. The van der Waals surface area contributed by atoms with Gasteiger partial charge in [-0.1, -0.05) is 12.1 Å². The predicted octanol–water partition coefficient (Wildman–Crippen LogP) is 1.81. The van der Waals surface area contributed by atoms with E-state index in [-0.39, 0.29) is 6.04 Å². The molecule has 1 unspecified atom stereocenters. The van der Waals surface area contributed by atoms with Gasteiger partial charge < -0.3 is 15.2 Å². The third-order valence-electron chi connectivity index (χ3n) is 3.64. The average molecular weight is 264 g/mol. The number of benzene rings is 1. The van der Waals surface area contributed by atoms with Gasteiger partial charge in [-0.25, -0.2) is 0 Å². The number of hydrogen-bond donors (Lipinski definition) is 1. The summed E-state index contributed by atoms with van der Waals surface area (Å²) in [6.45, 7) is 4.96. The summed E-state index contributed by atoms with van der Waals surface area (Å²) in [6.07, 6.45) is 2.15. The van der Waals surface area contributed by atoms with E-state index in [1.54, 1.807) is 7.11 Å². The Kier molecular flexibility index (Phi) is 5.63. The van der Waals surface area contributed by atoms with Crippen LogP contribution < -0.4 is 10.5 Å². The van der Waals surface area contributed by atoms with Gasteiger partial charge in [0, 0.05) is 19.1 Å². The van der Waals surface area contributed by atoms with E-state index in [9.17, 15) is 0 Å². The van der Waals surface area contributed by atoms with Crippen LogP contribution in [0.1, 0.15) is 24.4 Å². The number of nitrogens with two attached hydrogens (primary N) is 1. The first-order chi connectivity index (χ1) is 9.29. The van der Waals surface area contributed by atoms with Crippen LogP contribution >= 0.6 is 0 Å². The fourth-order valence-electron chi connectivity index (χ4n) is 2.38. The third-order valence-corrected chi connectivity index (χ3v) is 3.64. The van der Waals surface area contributed by atoms with E-state index in [1.165, 1.54) is 5.56 Å². The Morgan fingerprint density at radius 2 is 1.95 bits per heavy atom. The molecule has 2 N–H and O–H groups in total. The SMILES string of the molecule is COc1ccc(C(N)CCCN2CCOCC2)cc1. The monoisotopic (exact) mass is 264 g/mol. The van der Waals surface area contributed by atoms with Crippen LogP contribution in [0, 0.1) is 0 Å². The smallest absolute Gasteiger partial charge is 0.118 e. The average Bonchev–Trinajstić information content (AvgIpc) is 2.48. The van der Waals surface area contributed by atoms with Crippen LogP contribution in [-0.4, -0.2) is 44.9 Å². The first kappa shape index (κ1) is 14.3. The van der Waals surface area contributed by atoms with E-state index in [0.717, 1.165) is 51.4 Å². The van der Waals surface area contributed by atoms with Crippen molar-refractivity contribution in [3.05, 3.63) is 29.8 Å². The summed E-state index contributed by atoms with van der Waals surface area (Å²) >= 11 is 0. The molecule has 1 heterocycles. The summed E-state index contributed by atoms with van der Waals surface area (Å²) in [5.41, 5.74) is 7.40. The van der Waals surface area contributed by atoms with Gasteiger partial charge >= 0.3 is 0 Å². The number of ether oxygens (including phenoxy) is 2. The fourth-order valence-corrected chi connectivity index (χ4v) is 2.38. The van der Waals surface area contributed by atoms with Crippen LogP contribution in [-0.2, 0) is 4.74 Å². The summed E-state index contributed by atoms with van der Waals surface area (Å²) in [5.74, 6) is 0.879. The number of hydrogen-bond acceptors (Lipinski definition) is 4. The molecular weight excluding hydrogens is 240 g/mol. The number of methoxy groups -OCH3 is 1. The van der Waals surface area contributed by atoms with Crippen molar-refractivity contribution in [2.75, 3.05) is 40.0 Å². The zero-order chi connectivity index (χ0) is 13.5. The summed E-state index contributed by atoms with van der Waals surface area (Å²) in [5, 5.41) is 0. The molecule has 0 radical (unpaired) electrons. The third kappa shape index (κ3) is 4.49. The quantitative estimate of drug-likeness (QED) is 0.851. The molecule has 1 aromatic rings. The summed E-state index contributed by atoms with van der Waals surface area (Å²) in [6, 6.07) is 8.16. The highest BCUT2D eigenvalue weighted by Crippen LogP contribution is 2.19. The van der Waals surface area contributed by atoms with E-state index < -0.39 is 0 Å². The van der Waals surface area contributed by atoms with Crippen molar-refractivity contribution in [2.24, 2.45) is 5.73 Å². The van der Waals surface area contributed by atoms with Crippen molar-refractivity contribution in [3.8, 4) is 5.75 Å². The van der Waals surface area contributed by atoms with Crippen molar-refractivity contribution in [1.82, 2.24) is 4.90 Å². The van der Waals surface area contributed by atoms with Gasteiger partial charge in [0.15, 0.2) is 0 Å². The molecule has 4 heteroatoms. The molecule has 1 aliphatic heterocycles. The van der Waals surface area contributed by atoms with Gasteiger partial charge in [0.1, 0.15) is 5.75 Å². The number of nitrogens with zero attached hydrogens (tertiary/aromatic N) is 1. The van der Waals surface area contributed by atoms with E-state index in [1.807, 2.05) is 12.1 Å². The molecule has 4 nitrogen and oxygen atoms in total. The van der Waals surface area contributed by atoms with Crippen LogP contribution in [0.5, 0.6) is 5.75 Å². The summed E-state index contributed by atoms with van der Waals surface area (Å²) < 4.78 is 10.5. The van der Waals surface area contributed by atoms with E-state index in [0.29, 0.717) is 0 Å². The highest BCUT2D eigenvalue weighted by molar-refractivity contribution is 5.28. The molecule has 106 valence electrons. The van der Waals surface area contributed by atoms with Crippen LogP contribution in [0.15, 0.2) is 24.3 Å². The molecule has 0 spiro atoms. The summed E-state index contributed by atoms with van der Waals surface area (Å²) in [4.78, 5) is 2.45. The van der Waals surface area contributed by atoms with Crippen molar-refractivity contribution >= 4 is 0 Å². The minimum absolute atomic E-state index is 0.118. The van der Waals surface area contributed by atoms with Crippen molar-refractivity contribution in [1.29, 1.82) is 0 Å². The largest absolute Gasteiger partial charge is 0.497 e. The fraction of sp³-hybridized carbons (Fsp3) is 0.600. The molecular formula is C15H24N2O2. The highest BCUT2D eigenvalue weighted by Gasteiger charge is 2.11. The highest BCUT2D eigenvalue weighted by atomic mass is 16.5. The van der Waals surface area contributed by atoms with E-state index in [2.05, 4.69) is 17.0 Å². The maximum absolute atomic E-state index is 6.22. The molecule has 0 amide bonds. The second kappa shape index (κ2) is 7.48. The van der Waals surface area contributed by atoms with Crippen LogP contribution in [0.2, 0.25) is 0 Å². The van der Waals surface area contributed by atoms with Gasteiger partial charge in [0.05, 0.1) is 20.3 Å². The Balaban J connectivity index is 1.72. The molecule has 0 aliphatic carbocycles. The molecule has 1 saturated heterocycles. The molecule has 1 fully saturated rings. The number of morpholine rings is 1. The Bertz CT molecular complexity index is 361. The Morgan fingerprint density at radius 3 is 2.58 bits per heavy atom. The van der Waals surface area contributed by atoms with Crippen molar-refractivity contribution < 1.29 is 9.47 Å². The lowest BCUT2D eigenvalue weighted by molar-refractivity contribution is 0.0370. The first-order valence-electron chi connectivity index (χ1n) is 6.99. The van der Waals surface area contributed by atoms with Crippen LogP contribution in [0.3, 0.4) is 0 Å². The lowest BCUT2D eigenvalue weighted by Gasteiger charge is -2.26. The maximum Gasteiger partial charge on any atom is 0.118 e. The lowest BCUT2D eigenvalue weighted by atomic mass is 10.0. The van der Waals surface area contributed by atoms with Gasteiger partial charge in [0.25, 0.3) is 0 Å². The van der Waals surface area contributed by atoms with Gasteiger partial charge in [-0.2, -0.15) is 0 Å². The Hall–Kier alpha value is -1.10. The molecule has 1 aromatic carbocycles. The molecule has 1 atom stereocenters. The van der Waals surface area contributed by atoms with Gasteiger partial charge in [-0.3, -0.25) is 4.90 Å². The minimum atomic E-state index is 0.118. The molecule has 0 saturated carbocycles. The van der Waals surface area contributed by atoms with Gasteiger partial charge in [0.2, 0.25) is 0 Å². The Morgan fingerprint density at radius 1 is 1.26 bits per heavy atom. The zero-order valence-corrected chi connectivity index (χ0v) is 11.7. The second-order valence-electron chi connectivity index (χ2n) is 4.98. The zero-order valence-electron chi connectivity index (χ0n) is 11.7. The van der Waals surface area contributed by atoms with Crippen LogP contribution in [0.25, 0.3) is 0 Å². The van der Waals surface area contributed by atoms with Crippen molar-refractivity contribution in [3.63, 3.8) is 0 Å². The van der Waals surface area contributed by atoms with Gasteiger partial charge in [-0.15, -0.1) is 0 Å². The van der Waals surface area contributed by atoms with Crippen molar-refractivity contribution in [2.45, 2.75) is 18.9 Å². The minimum Gasteiger partial charge on any atom is -0.497 e. The lowest BCUT2D eigenvalue weighted by Crippen LogP contribution is -2.37. The van der Waals surface area contributed by atoms with E-state index in [4.69, 9.17) is 15.2 Å².